The summed E-state index contributed by atoms with van der Waals surface area (Å²) < 4.78 is 5.30. The molecule has 1 unspecified atom stereocenters. The van der Waals surface area contributed by atoms with Crippen LogP contribution in [0.3, 0.4) is 0 Å². The maximum Gasteiger partial charge on any atom is 0.355 e. The Balaban J connectivity index is 1.39. The van der Waals surface area contributed by atoms with E-state index in [1.54, 1.807) is 12.1 Å². The fourth-order valence-corrected chi connectivity index (χ4v) is 4.74. The molecule has 14 heteroatoms. The molecule has 3 N–H and O–H groups in total. The van der Waals surface area contributed by atoms with Crippen molar-refractivity contribution in [2.75, 3.05) is 18.6 Å². The van der Waals surface area contributed by atoms with Crippen LogP contribution in [0.4, 0.5) is 11.4 Å². The number of hydrogen-bond acceptors (Lipinski definition) is 11. The van der Waals surface area contributed by atoms with Gasteiger partial charge in [-0.25, -0.2) is 4.79 Å². The molecule has 1 aromatic carbocycles. The summed E-state index contributed by atoms with van der Waals surface area (Å²) in [6.07, 6.45) is 2.99. The molecule has 1 saturated heterocycles. The van der Waals surface area contributed by atoms with E-state index in [2.05, 4.69) is 15.5 Å². The summed E-state index contributed by atoms with van der Waals surface area (Å²) in [5, 5.41) is 16.6. The van der Waals surface area contributed by atoms with E-state index in [1.807, 2.05) is 0 Å². The topological polar surface area (TPSA) is 179 Å². The predicted molar refractivity (Wildman–Crippen MR) is 128 cm³/mol. The van der Waals surface area contributed by atoms with Crippen molar-refractivity contribution < 1.29 is 28.9 Å². The lowest BCUT2D eigenvalue weighted by atomic mass is 10.0. The molecule has 0 aliphatic carbocycles. The van der Waals surface area contributed by atoms with Crippen LogP contribution in [0.5, 0.6) is 0 Å². The normalized spacial score (nSPS) is 18.9. The quantitative estimate of drug-likeness (QED) is 0.170. The number of fused-ring (bicyclic) bond motifs is 1. The summed E-state index contributed by atoms with van der Waals surface area (Å²) in [6, 6.07) is 7.67. The summed E-state index contributed by atoms with van der Waals surface area (Å²) in [7, 11) is 1.27. The van der Waals surface area contributed by atoms with Gasteiger partial charge in [-0.2, -0.15) is 0 Å². The van der Waals surface area contributed by atoms with E-state index < -0.39 is 34.1 Å². The van der Waals surface area contributed by atoms with Crippen LogP contribution in [0.25, 0.3) is 0 Å². The van der Waals surface area contributed by atoms with Gasteiger partial charge in [0, 0.05) is 29.8 Å². The van der Waals surface area contributed by atoms with Crippen molar-refractivity contribution >= 4 is 46.6 Å². The van der Waals surface area contributed by atoms with Gasteiger partial charge >= 0.3 is 5.97 Å². The molecule has 2 aromatic rings. The van der Waals surface area contributed by atoms with Gasteiger partial charge < -0.3 is 20.6 Å². The maximum atomic E-state index is 12.9. The maximum absolute atomic E-state index is 12.9. The van der Waals surface area contributed by atoms with E-state index in [9.17, 15) is 24.5 Å². The number of oxime groups is 1. The number of nitro benzene ring substituents is 1. The molecule has 2 aliphatic rings. The highest BCUT2D eigenvalue weighted by atomic mass is 32.2. The Hall–Kier alpha value is -4.46. The number of nitrogens with one attached hydrogen (secondary N) is 1. The second-order valence-corrected chi connectivity index (χ2v) is 8.72. The van der Waals surface area contributed by atoms with E-state index in [0.717, 1.165) is 0 Å². The number of rotatable bonds is 8. The summed E-state index contributed by atoms with van der Waals surface area (Å²) in [5.74, 6) is -1.48. The minimum atomic E-state index is -0.906. The lowest BCUT2D eigenvalue weighted by Crippen LogP contribution is -2.70. The van der Waals surface area contributed by atoms with Gasteiger partial charge in [0.2, 0.25) is 0 Å². The zero-order valence-corrected chi connectivity index (χ0v) is 19.6. The number of pyridine rings is 1. The third-order valence-corrected chi connectivity index (χ3v) is 6.47. The minimum absolute atomic E-state index is 0.0689. The Bertz CT molecular complexity index is 1280. The number of carbonyl (C=O) groups excluding carboxylic acids is 3. The van der Waals surface area contributed by atoms with Crippen LogP contribution in [0, 0.1) is 10.1 Å². The zero-order valence-electron chi connectivity index (χ0n) is 18.8. The van der Waals surface area contributed by atoms with Crippen LogP contribution in [0.2, 0.25) is 0 Å². The van der Waals surface area contributed by atoms with Gasteiger partial charge in [-0.3, -0.25) is 29.6 Å². The van der Waals surface area contributed by atoms with Crippen LogP contribution < -0.4 is 11.1 Å². The molecule has 1 fully saturated rings. The number of ether oxygens (including phenoxy) is 1. The van der Waals surface area contributed by atoms with Crippen molar-refractivity contribution in [2.24, 2.45) is 5.16 Å². The number of nitrogens with zero attached hydrogens (tertiary/aromatic N) is 4. The van der Waals surface area contributed by atoms with E-state index in [-0.39, 0.29) is 29.4 Å². The monoisotopic (exact) mass is 512 g/mol. The van der Waals surface area contributed by atoms with Crippen molar-refractivity contribution in [3.05, 3.63) is 75.7 Å². The highest BCUT2D eigenvalue weighted by Gasteiger charge is 2.53. The minimum Gasteiger partial charge on any atom is -0.456 e. The number of β-lactam (4-membered cyclic amide) rings is 1. The Morgan fingerprint density at radius 1 is 1.33 bits per heavy atom. The van der Waals surface area contributed by atoms with Crippen molar-refractivity contribution in [1.82, 2.24) is 15.2 Å². The number of anilines is 1. The number of esters is 1. The number of hydrogen-bond donors (Lipinski definition) is 2. The first-order chi connectivity index (χ1) is 17.3. The van der Waals surface area contributed by atoms with Gasteiger partial charge in [-0.15, -0.1) is 11.8 Å². The predicted octanol–water partition coefficient (Wildman–Crippen LogP) is 0.950. The van der Waals surface area contributed by atoms with Crippen LogP contribution in [-0.4, -0.2) is 62.6 Å². The number of nitro groups is 1. The second-order valence-electron chi connectivity index (χ2n) is 7.57. The first-order valence-corrected chi connectivity index (χ1v) is 11.5. The fourth-order valence-electron chi connectivity index (χ4n) is 3.55. The SMILES string of the molecule is CO/N=C(\C(=O)NC1C(=O)N2C(C(=O)OCc3ccc([N+](=O)[O-])cc3)=CCS[C@H]12)c1cc(N)ccn1. The summed E-state index contributed by atoms with van der Waals surface area (Å²) in [5.41, 5.74) is 6.68. The van der Waals surface area contributed by atoms with Gasteiger partial charge in [0.25, 0.3) is 17.5 Å². The number of non-ortho nitro benzene ring substituents is 1. The Labute approximate surface area is 208 Å². The van der Waals surface area contributed by atoms with Gasteiger partial charge in [-0.05, 0) is 35.9 Å². The molecule has 3 heterocycles. The lowest BCUT2D eigenvalue weighted by molar-refractivity contribution is -0.384. The molecule has 2 aliphatic heterocycles. The summed E-state index contributed by atoms with van der Waals surface area (Å²) in [4.78, 5) is 58.8. The fraction of sp³-hybridized carbons (Fsp3) is 0.227. The molecule has 186 valence electrons. The highest BCUT2D eigenvalue weighted by molar-refractivity contribution is 8.00. The average Bonchev–Trinajstić information content (AvgIpc) is 2.88. The Morgan fingerprint density at radius 3 is 2.75 bits per heavy atom. The van der Waals surface area contributed by atoms with Crippen LogP contribution >= 0.6 is 11.8 Å². The zero-order chi connectivity index (χ0) is 25.8. The standard InChI is InChI=1S/C22H20N6O7S/c1-34-26-17(15-10-13(23)6-8-24-15)19(29)25-18-20(30)27-16(7-9-36-21(18)27)22(31)35-11-12-2-4-14(5-3-12)28(32)33/h2-8,10,18,21H,9,11H2,1H3,(H2,23,24)(H,25,29)/b26-17-/t18?,21-/m1/s1. The number of carbonyl (C=O) groups is 3. The van der Waals surface area contributed by atoms with Crippen LogP contribution in [0.15, 0.2) is 59.5 Å². The van der Waals surface area contributed by atoms with Crippen molar-refractivity contribution in [2.45, 2.75) is 18.0 Å². The highest BCUT2D eigenvalue weighted by Crippen LogP contribution is 2.38. The van der Waals surface area contributed by atoms with Crippen LogP contribution in [-0.2, 0) is 30.6 Å². The van der Waals surface area contributed by atoms with Crippen molar-refractivity contribution in [3.8, 4) is 0 Å². The molecule has 0 bridgehead atoms. The van der Waals surface area contributed by atoms with Crippen LogP contribution in [0.1, 0.15) is 11.3 Å². The number of thioether (sulfide) groups is 1. The molecule has 4 rings (SSSR count). The molecule has 13 nitrogen and oxygen atoms in total. The molecule has 2 amide bonds. The van der Waals surface area contributed by atoms with Gasteiger partial charge in [0.1, 0.15) is 30.8 Å². The smallest absolute Gasteiger partial charge is 0.355 e. The van der Waals surface area contributed by atoms with Gasteiger partial charge in [0.15, 0.2) is 5.71 Å². The van der Waals surface area contributed by atoms with Crippen molar-refractivity contribution in [3.63, 3.8) is 0 Å². The molecule has 0 saturated carbocycles. The molecular weight excluding hydrogens is 492 g/mol. The third kappa shape index (κ3) is 4.98. The number of benzene rings is 1. The second kappa shape index (κ2) is 10.4. The molecule has 0 radical (unpaired) electrons. The number of amides is 2. The van der Waals surface area contributed by atoms with Crippen molar-refractivity contribution in [1.29, 1.82) is 0 Å². The first kappa shape index (κ1) is 24.7. The van der Waals surface area contributed by atoms with E-state index in [4.69, 9.17) is 15.3 Å². The first-order valence-electron chi connectivity index (χ1n) is 10.5. The Morgan fingerprint density at radius 2 is 2.08 bits per heavy atom. The summed E-state index contributed by atoms with van der Waals surface area (Å²) in [6.45, 7) is -0.127. The average molecular weight is 513 g/mol. The molecular formula is C22H20N6O7S. The number of aromatic nitrogens is 1. The lowest BCUT2D eigenvalue weighted by Gasteiger charge is -2.48. The number of nitrogens with two attached hydrogens (primary N) is 1. The Kier molecular flexibility index (Phi) is 7.15. The van der Waals surface area contributed by atoms with E-state index in [0.29, 0.717) is 17.0 Å². The molecule has 2 atom stereocenters. The number of nitrogen functional groups attached to an aromatic ring is 1. The third-order valence-electron chi connectivity index (χ3n) is 5.28. The molecule has 1 aromatic heterocycles. The van der Waals surface area contributed by atoms with Gasteiger partial charge in [-0.1, -0.05) is 5.16 Å². The van der Waals surface area contributed by atoms with E-state index in [1.165, 1.54) is 60.3 Å². The summed E-state index contributed by atoms with van der Waals surface area (Å²) >= 11 is 1.37. The molecule has 0 spiro atoms. The largest absolute Gasteiger partial charge is 0.456 e. The molecule has 36 heavy (non-hydrogen) atoms. The van der Waals surface area contributed by atoms with Gasteiger partial charge in [0.05, 0.1) is 10.6 Å². The van der Waals surface area contributed by atoms with E-state index >= 15 is 0 Å².